The van der Waals surface area contributed by atoms with E-state index in [1.165, 1.54) is 19.3 Å². The molecule has 164 valence electrons. The number of nitrogens with zero attached hydrogens (tertiary/aromatic N) is 3. The van der Waals surface area contributed by atoms with E-state index in [-0.39, 0.29) is 11.4 Å². The second-order valence-electron chi connectivity index (χ2n) is 7.39. The Morgan fingerprint density at radius 1 is 1.07 bits per heavy atom. The lowest BCUT2D eigenvalue weighted by Gasteiger charge is -2.28. The maximum Gasteiger partial charge on any atom is 0.240 e. The van der Waals surface area contributed by atoms with Crippen molar-refractivity contribution in [1.29, 1.82) is 0 Å². The van der Waals surface area contributed by atoms with Crippen LogP contribution in [0.15, 0.2) is 29.2 Å². The van der Waals surface area contributed by atoms with Gasteiger partial charge in [-0.15, -0.1) is 0 Å². The molecule has 9 heteroatoms. The number of aryl methyl sites for hydroxylation is 2. The molecule has 0 saturated carbocycles. The number of hydrogen-bond donors (Lipinski definition) is 2. The minimum Gasteiger partial charge on any atom is -0.494 e. The summed E-state index contributed by atoms with van der Waals surface area (Å²) in [7, 11) is -3.59. The maximum absolute atomic E-state index is 12.6. The number of hydrogen-bond acceptors (Lipinski definition) is 7. The minimum atomic E-state index is -3.59. The number of sulfonamides is 1. The van der Waals surface area contributed by atoms with Gasteiger partial charge in [0.25, 0.3) is 0 Å². The second-order valence-corrected chi connectivity index (χ2v) is 9.16. The zero-order chi connectivity index (χ0) is 21.6. The fourth-order valence-electron chi connectivity index (χ4n) is 3.49. The molecular weight excluding hydrogens is 402 g/mol. The number of ether oxygens (including phenoxy) is 1. The van der Waals surface area contributed by atoms with Crippen LogP contribution >= 0.6 is 0 Å². The Kier molecular flexibility index (Phi) is 7.49. The Labute approximate surface area is 179 Å². The third kappa shape index (κ3) is 5.82. The molecule has 2 heterocycles. The van der Waals surface area contributed by atoms with Crippen LogP contribution in [0.1, 0.15) is 37.6 Å². The minimum absolute atomic E-state index is 0.230. The molecule has 1 saturated heterocycles. The molecule has 0 spiro atoms. The van der Waals surface area contributed by atoms with E-state index in [0.717, 1.165) is 24.5 Å². The number of benzene rings is 1. The predicted octanol–water partition coefficient (Wildman–Crippen LogP) is 2.87. The van der Waals surface area contributed by atoms with Crippen LogP contribution in [0.3, 0.4) is 0 Å². The topological polar surface area (TPSA) is 96.5 Å². The lowest BCUT2D eigenvalue weighted by atomic mass is 10.1. The van der Waals surface area contributed by atoms with Gasteiger partial charge in [0.1, 0.15) is 23.2 Å². The van der Waals surface area contributed by atoms with Crippen LogP contribution < -0.4 is 19.7 Å². The van der Waals surface area contributed by atoms with Gasteiger partial charge in [0, 0.05) is 32.2 Å². The molecule has 1 aromatic carbocycles. The molecular formula is C21H31N5O3S. The van der Waals surface area contributed by atoms with Crippen LogP contribution in [0.25, 0.3) is 0 Å². The molecule has 2 N–H and O–H groups in total. The Morgan fingerprint density at radius 3 is 2.53 bits per heavy atom. The highest BCUT2D eigenvalue weighted by molar-refractivity contribution is 7.89. The second kappa shape index (κ2) is 10.1. The highest BCUT2D eigenvalue weighted by Crippen LogP contribution is 2.22. The van der Waals surface area contributed by atoms with Gasteiger partial charge in [-0.2, -0.15) is 0 Å². The van der Waals surface area contributed by atoms with Gasteiger partial charge in [-0.3, -0.25) is 0 Å². The number of aromatic nitrogens is 2. The Morgan fingerprint density at radius 2 is 1.83 bits per heavy atom. The third-order valence-electron chi connectivity index (χ3n) is 4.98. The highest BCUT2D eigenvalue weighted by atomic mass is 32.2. The van der Waals surface area contributed by atoms with Gasteiger partial charge in [-0.1, -0.05) is 0 Å². The van der Waals surface area contributed by atoms with Gasteiger partial charge < -0.3 is 15.0 Å². The summed E-state index contributed by atoms with van der Waals surface area (Å²) in [4.78, 5) is 11.5. The van der Waals surface area contributed by atoms with Crippen molar-refractivity contribution in [2.75, 3.05) is 43.0 Å². The molecule has 1 aromatic heterocycles. The summed E-state index contributed by atoms with van der Waals surface area (Å²) >= 11 is 0. The van der Waals surface area contributed by atoms with E-state index in [1.807, 2.05) is 26.8 Å². The summed E-state index contributed by atoms with van der Waals surface area (Å²) in [6, 6.07) is 6.81. The van der Waals surface area contributed by atoms with E-state index in [2.05, 4.69) is 24.9 Å². The first-order chi connectivity index (χ1) is 14.4. The number of piperidine rings is 1. The van der Waals surface area contributed by atoms with Crippen LogP contribution in [-0.2, 0) is 10.0 Å². The highest BCUT2D eigenvalue weighted by Gasteiger charge is 2.16. The molecule has 1 aliphatic heterocycles. The van der Waals surface area contributed by atoms with Crippen molar-refractivity contribution in [2.24, 2.45) is 0 Å². The summed E-state index contributed by atoms with van der Waals surface area (Å²) < 4.78 is 33.2. The van der Waals surface area contributed by atoms with E-state index in [4.69, 9.17) is 4.74 Å². The van der Waals surface area contributed by atoms with Crippen molar-refractivity contribution in [3.8, 4) is 5.75 Å². The summed E-state index contributed by atoms with van der Waals surface area (Å²) in [5.41, 5.74) is 0.791. The molecule has 2 aromatic rings. The first kappa shape index (κ1) is 22.3. The van der Waals surface area contributed by atoms with E-state index >= 15 is 0 Å². The quantitative estimate of drug-likeness (QED) is 0.587. The van der Waals surface area contributed by atoms with Crippen molar-refractivity contribution in [3.05, 3.63) is 35.7 Å². The summed E-state index contributed by atoms with van der Waals surface area (Å²) in [6.07, 6.45) is 3.62. The Hall–Kier alpha value is -2.39. The lowest BCUT2D eigenvalue weighted by Crippen LogP contribution is -2.31. The monoisotopic (exact) mass is 433 g/mol. The number of nitrogens with one attached hydrogen (secondary N) is 2. The van der Waals surface area contributed by atoms with Crippen molar-refractivity contribution in [1.82, 2.24) is 14.7 Å². The molecule has 3 rings (SSSR count). The van der Waals surface area contributed by atoms with Crippen molar-refractivity contribution in [3.63, 3.8) is 0 Å². The fraction of sp³-hybridized carbons (Fsp3) is 0.524. The van der Waals surface area contributed by atoms with E-state index < -0.39 is 10.0 Å². The first-order valence-electron chi connectivity index (χ1n) is 10.5. The molecule has 0 aliphatic carbocycles. The molecule has 0 atom stereocenters. The predicted molar refractivity (Wildman–Crippen MR) is 119 cm³/mol. The van der Waals surface area contributed by atoms with Gasteiger partial charge in [0.15, 0.2) is 0 Å². The van der Waals surface area contributed by atoms with Gasteiger partial charge >= 0.3 is 0 Å². The van der Waals surface area contributed by atoms with Gasteiger partial charge in [-0.05, 0) is 63.8 Å². The summed E-state index contributed by atoms with van der Waals surface area (Å²) in [5, 5.41) is 3.20. The largest absolute Gasteiger partial charge is 0.494 e. The number of anilines is 2. The van der Waals surface area contributed by atoms with Crippen LogP contribution in [0.5, 0.6) is 5.75 Å². The molecule has 0 bridgehead atoms. The summed E-state index contributed by atoms with van der Waals surface area (Å²) in [6.45, 7) is 8.83. The average molecular weight is 434 g/mol. The zero-order valence-electron chi connectivity index (χ0n) is 17.9. The molecule has 0 unspecified atom stereocenters. The van der Waals surface area contributed by atoms with Gasteiger partial charge in [0.05, 0.1) is 11.5 Å². The SMILES string of the molecule is CCOc1ccc(S(=O)(=O)NCCNc2cc(N3CCCCC3)nc(C)n2)cc1C. The van der Waals surface area contributed by atoms with Crippen LogP contribution in [0.4, 0.5) is 11.6 Å². The molecule has 1 aliphatic rings. The van der Waals surface area contributed by atoms with Crippen LogP contribution in [0, 0.1) is 13.8 Å². The molecule has 1 fully saturated rings. The van der Waals surface area contributed by atoms with Crippen molar-refractivity contribution < 1.29 is 13.2 Å². The van der Waals surface area contributed by atoms with E-state index in [1.54, 1.807) is 18.2 Å². The van der Waals surface area contributed by atoms with Crippen LogP contribution in [-0.4, -0.2) is 51.2 Å². The van der Waals surface area contributed by atoms with Crippen molar-refractivity contribution in [2.45, 2.75) is 44.9 Å². The standard InChI is InChI=1S/C21H31N5O3S/c1-4-29-19-9-8-18(14-16(19)2)30(27,28)23-11-10-22-20-15-21(25-17(3)24-20)26-12-6-5-7-13-26/h8-9,14-15,23H,4-7,10-13H2,1-3H3,(H,22,24,25). The normalized spacial score (nSPS) is 14.6. The van der Waals surface area contributed by atoms with Gasteiger partial charge in [-0.25, -0.2) is 23.1 Å². The molecule has 30 heavy (non-hydrogen) atoms. The molecule has 0 radical (unpaired) electrons. The van der Waals surface area contributed by atoms with E-state index in [0.29, 0.717) is 30.5 Å². The summed E-state index contributed by atoms with van der Waals surface area (Å²) in [5.74, 6) is 3.03. The van der Waals surface area contributed by atoms with E-state index in [9.17, 15) is 8.42 Å². The Bertz CT molecular complexity index is 959. The average Bonchev–Trinajstić information content (AvgIpc) is 2.73. The Balaban J connectivity index is 1.56. The maximum atomic E-state index is 12.6. The van der Waals surface area contributed by atoms with Crippen molar-refractivity contribution >= 4 is 21.7 Å². The third-order valence-corrected chi connectivity index (χ3v) is 6.44. The first-order valence-corrected chi connectivity index (χ1v) is 11.9. The smallest absolute Gasteiger partial charge is 0.240 e. The number of rotatable bonds is 9. The van der Waals surface area contributed by atoms with Gasteiger partial charge in [0.2, 0.25) is 10.0 Å². The van der Waals surface area contributed by atoms with Crippen LogP contribution in [0.2, 0.25) is 0 Å². The zero-order valence-corrected chi connectivity index (χ0v) is 18.8. The molecule has 0 amide bonds. The fourth-order valence-corrected chi connectivity index (χ4v) is 4.61. The molecule has 8 nitrogen and oxygen atoms in total. The lowest BCUT2D eigenvalue weighted by molar-refractivity contribution is 0.337.